The first kappa shape index (κ1) is 14.8. The lowest BCUT2D eigenvalue weighted by Crippen LogP contribution is -2.42. The van der Waals surface area contributed by atoms with Crippen molar-refractivity contribution in [2.24, 2.45) is 0 Å². The van der Waals surface area contributed by atoms with Gasteiger partial charge in [-0.2, -0.15) is 11.8 Å². The highest BCUT2D eigenvalue weighted by Gasteiger charge is 2.30. The molecule has 0 radical (unpaired) electrons. The Balaban J connectivity index is 2.13. The topological polar surface area (TPSA) is 32.3 Å². The standard InChI is InChI=1S/C13H26N2OS/c1-4-15(12-6-7-12)13(16)10-14-11(3)8-9-17-5-2/h11-12,14H,4-10H2,1-3H3. The second-order valence-electron chi connectivity index (χ2n) is 4.68. The summed E-state index contributed by atoms with van der Waals surface area (Å²) in [4.78, 5) is 14.0. The molecule has 1 aliphatic rings. The van der Waals surface area contributed by atoms with E-state index in [9.17, 15) is 4.79 Å². The Hall–Kier alpha value is -0.220. The lowest BCUT2D eigenvalue weighted by molar-refractivity contribution is -0.130. The van der Waals surface area contributed by atoms with E-state index in [4.69, 9.17) is 0 Å². The van der Waals surface area contributed by atoms with Crippen molar-refractivity contribution in [3.8, 4) is 0 Å². The molecular formula is C13H26N2OS. The third-order valence-electron chi connectivity index (χ3n) is 3.15. The Morgan fingerprint density at radius 1 is 1.47 bits per heavy atom. The van der Waals surface area contributed by atoms with Crippen LogP contribution < -0.4 is 5.32 Å². The molecule has 0 aromatic rings. The summed E-state index contributed by atoms with van der Waals surface area (Å²) in [6, 6.07) is 0.983. The van der Waals surface area contributed by atoms with E-state index in [2.05, 4.69) is 26.1 Å². The van der Waals surface area contributed by atoms with Crippen LogP contribution in [-0.2, 0) is 4.79 Å². The number of rotatable bonds is 9. The Morgan fingerprint density at radius 3 is 2.71 bits per heavy atom. The van der Waals surface area contributed by atoms with Gasteiger partial charge in [0.1, 0.15) is 0 Å². The Labute approximate surface area is 110 Å². The van der Waals surface area contributed by atoms with E-state index in [1.807, 2.05) is 16.7 Å². The maximum absolute atomic E-state index is 11.9. The first-order valence-corrected chi connectivity index (χ1v) is 7.95. The van der Waals surface area contributed by atoms with Crippen LogP contribution in [0.25, 0.3) is 0 Å². The summed E-state index contributed by atoms with van der Waals surface area (Å²) < 4.78 is 0. The number of thioether (sulfide) groups is 1. The SMILES string of the molecule is CCSCCC(C)NCC(=O)N(CC)C1CC1. The van der Waals surface area contributed by atoms with Crippen molar-refractivity contribution in [2.75, 3.05) is 24.6 Å². The summed E-state index contributed by atoms with van der Waals surface area (Å²) in [5.74, 6) is 2.63. The quantitative estimate of drug-likeness (QED) is 0.643. The van der Waals surface area contributed by atoms with Crippen molar-refractivity contribution in [2.45, 2.75) is 52.1 Å². The third kappa shape index (κ3) is 5.77. The molecule has 1 unspecified atom stereocenters. The molecule has 0 heterocycles. The highest BCUT2D eigenvalue weighted by Crippen LogP contribution is 2.26. The molecule has 0 aromatic heterocycles. The predicted octanol–water partition coefficient (Wildman–Crippen LogP) is 2.12. The van der Waals surface area contributed by atoms with E-state index in [0.29, 0.717) is 18.6 Å². The van der Waals surface area contributed by atoms with E-state index in [-0.39, 0.29) is 5.91 Å². The zero-order valence-electron chi connectivity index (χ0n) is 11.4. The van der Waals surface area contributed by atoms with Gasteiger partial charge in [-0.15, -0.1) is 0 Å². The Kier molecular flexibility index (Phi) is 6.97. The highest BCUT2D eigenvalue weighted by molar-refractivity contribution is 7.99. The van der Waals surface area contributed by atoms with Gasteiger partial charge in [0.05, 0.1) is 6.54 Å². The van der Waals surface area contributed by atoms with Crippen molar-refractivity contribution >= 4 is 17.7 Å². The maximum atomic E-state index is 11.9. The molecule has 17 heavy (non-hydrogen) atoms. The van der Waals surface area contributed by atoms with Crippen molar-refractivity contribution < 1.29 is 4.79 Å². The normalized spacial score (nSPS) is 16.9. The van der Waals surface area contributed by atoms with Crippen LogP contribution >= 0.6 is 11.8 Å². The lowest BCUT2D eigenvalue weighted by atomic mass is 10.2. The molecule has 1 fully saturated rings. The molecule has 0 saturated heterocycles. The van der Waals surface area contributed by atoms with Gasteiger partial charge in [0, 0.05) is 18.6 Å². The summed E-state index contributed by atoms with van der Waals surface area (Å²) in [6.45, 7) is 7.77. The molecule has 1 rings (SSSR count). The number of carbonyl (C=O) groups excluding carboxylic acids is 1. The van der Waals surface area contributed by atoms with Gasteiger partial charge >= 0.3 is 0 Å². The van der Waals surface area contributed by atoms with Gasteiger partial charge < -0.3 is 10.2 Å². The number of hydrogen-bond acceptors (Lipinski definition) is 3. The first-order chi connectivity index (χ1) is 8.19. The summed E-state index contributed by atoms with van der Waals surface area (Å²) in [7, 11) is 0. The molecule has 1 aliphatic carbocycles. The van der Waals surface area contributed by atoms with Crippen LogP contribution in [0.2, 0.25) is 0 Å². The predicted molar refractivity (Wildman–Crippen MR) is 75.5 cm³/mol. The minimum absolute atomic E-state index is 0.269. The molecule has 0 spiro atoms. The van der Waals surface area contributed by atoms with E-state index < -0.39 is 0 Å². The largest absolute Gasteiger partial charge is 0.339 e. The van der Waals surface area contributed by atoms with Crippen molar-refractivity contribution in [1.29, 1.82) is 0 Å². The average Bonchev–Trinajstić information content (AvgIpc) is 3.12. The summed E-state index contributed by atoms with van der Waals surface area (Å²) in [5.41, 5.74) is 0. The highest BCUT2D eigenvalue weighted by atomic mass is 32.2. The molecule has 3 nitrogen and oxygen atoms in total. The van der Waals surface area contributed by atoms with E-state index in [1.54, 1.807) is 0 Å². The molecule has 4 heteroatoms. The fourth-order valence-electron chi connectivity index (χ4n) is 1.89. The number of carbonyl (C=O) groups is 1. The molecule has 0 bridgehead atoms. The monoisotopic (exact) mass is 258 g/mol. The average molecular weight is 258 g/mol. The molecular weight excluding hydrogens is 232 g/mol. The van der Waals surface area contributed by atoms with Crippen molar-refractivity contribution in [3.05, 3.63) is 0 Å². The lowest BCUT2D eigenvalue weighted by Gasteiger charge is -2.22. The molecule has 1 amide bonds. The Bertz CT molecular complexity index is 231. The summed E-state index contributed by atoms with van der Waals surface area (Å²) in [5, 5.41) is 3.33. The molecule has 1 saturated carbocycles. The van der Waals surface area contributed by atoms with Crippen molar-refractivity contribution in [1.82, 2.24) is 10.2 Å². The molecule has 0 aromatic carbocycles. The van der Waals surface area contributed by atoms with Crippen LogP contribution in [0, 0.1) is 0 Å². The number of nitrogens with one attached hydrogen (secondary N) is 1. The number of nitrogens with zero attached hydrogens (tertiary/aromatic N) is 1. The van der Waals surface area contributed by atoms with Gasteiger partial charge in [-0.1, -0.05) is 6.92 Å². The van der Waals surface area contributed by atoms with E-state index >= 15 is 0 Å². The van der Waals surface area contributed by atoms with Crippen LogP contribution in [0.3, 0.4) is 0 Å². The molecule has 100 valence electrons. The zero-order valence-corrected chi connectivity index (χ0v) is 12.2. The number of hydrogen-bond donors (Lipinski definition) is 1. The third-order valence-corrected chi connectivity index (χ3v) is 4.08. The fourth-order valence-corrected chi connectivity index (χ4v) is 2.70. The van der Waals surface area contributed by atoms with Gasteiger partial charge in [0.15, 0.2) is 0 Å². The zero-order chi connectivity index (χ0) is 12.7. The molecule has 1 atom stereocenters. The van der Waals surface area contributed by atoms with Gasteiger partial charge in [0.2, 0.25) is 5.91 Å². The second kappa shape index (κ2) is 7.98. The van der Waals surface area contributed by atoms with Gasteiger partial charge in [-0.25, -0.2) is 0 Å². The van der Waals surface area contributed by atoms with Gasteiger partial charge in [-0.05, 0) is 44.6 Å². The number of likely N-dealkylation sites (N-methyl/N-ethyl adjacent to an activating group) is 1. The summed E-state index contributed by atoms with van der Waals surface area (Å²) in [6.07, 6.45) is 3.53. The van der Waals surface area contributed by atoms with Crippen LogP contribution in [0.1, 0.15) is 40.0 Å². The fraction of sp³-hybridized carbons (Fsp3) is 0.923. The summed E-state index contributed by atoms with van der Waals surface area (Å²) >= 11 is 1.96. The van der Waals surface area contributed by atoms with Crippen LogP contribution in [0.4, 0.5) is 0 Å². The first-order valence-electron chi connectivity index (χ1n) is 6.79. The molecule has 0 aliphatic heterocycles. The van der Waals surface area contributed by atoms with E-state index in [1.165, 1.54) is 24.3 Å². The van der Waals surface area contributed by atoms with Crippen molar-refractivity contribution in [3.63, 3.8) is 0 Å². The van der Waals surface area contributed by atoms with Crippen LogP contribution in [0.5, 0.6) is 0 Å². The van der Waals surface area contributed by atoms with Crippen LogP contribution in [-0.4, -0.2) is 47.5 Å². The van der Waals surface area contributed by atoms with Gasteiger partial charge in [-0.3, -0.25) is 4.79 Å². The van der Waals surface area contributed by atoms with Gasteiger partial charge in [0.25, 0.3) is 0 Å². The maximum Gasteiger partial charge on any atom is 0.236 e. The van der Waals surface area contributed by atoms with E-state index in [0.717, 1.165) is 13.0 Å². The minimum atomic E-state index is 0.269. The molecule has 1 N–H and O–H groups in total. The Morgan fingerprint density at radius 2 is 2.18 bits per heavy atom. The van der Waals surface area contributed by atoms with Crippen LogP contribution in [0.15, 0.2) is 0 Å². The second-order valence-corrected chi connectivity index (χ2v) is 6.07. The smallest absolute Gasteiger partial charge is 0.236 e. The minimum Gasteiger partial charge on any atom is -0.339 e. The number of amides is 1.